The van der Waals surface area contributed by atoms with Crippen LogP contribution in [0.2, 0.25) is 18.1 Å². The third-order valence-corrected chi connectivity index (χ3v) is 14.2. The Bertz CT molecular complexity index is 1700. The maximum Gasteiger partial charge on any atom is 0.215 e. The molecule has 9 heteroatoms. The van der Waals surface area contributed by atoms with Crippen molar-refractivity contribution in [1.29, 1.82) is 0 Å². The molecule has 2 N–H and O–H groups in total. The van der Waals surface area contributed by atoms with Crippen molar-refractivity contribution >= 4 is 32.0 Å². The summed E-state index contributed by atoms with van der Waals surface area (Å²) in [6, 6.07) is 9.23. The molecule has 214 valence electrons. The molecule has 6 rings (SSSR count). The Morgan fingerprint density at radius 1 is 1.05 bits per heavy atom. The number of allylic oxidation sites excluding steroid dienone is 2. The van der Waals surface area contributed by atoms with Gasteiger partial charge in [0.05, 0.1) is 22.9 Å². The molecule has 0 unspecified atom stereocenters. The number of ether oxygens (including phenoxy) is 1. The summed E-state index contributed by atoms with van der Waals surface area (Å²) >= 11 is 0. The Morgan fingerprint density at radius 3 is 2.24 bits per heavy atom. The standard InChI is InChI=1S/C33H31NO7Si/c1-5-42(6-2,7-3)40-20(4)32-25-16-10-8-9-11-17-26(37)33(32,41-32)23-18-24(36)27-28(29(23)34(25)19-35)31(39)22-15-13-12-14-21(22)30(27)38/h8-9,12-15,18-20,25-26,36-37H,5-7H2,1-4H3/b9-8-/t20-,25+,26-,32+,33+/m1/s1. The molecule has 0 aromatic heterocycles. The van der Waals surface area contributed by atoms with E-state index in [0.717, 1.165) is 18.1 Å². The Balaban J connectivity index is 1.67. The van der Waals surface area contributed by atoms with Gasteiger partial charge in [0.1, 0.15) is 11.8 Å². The largest absolute Gasteiger partial charge is 0.507 e. The summed E-state index contributed by atoms with van der Waals surface area (Å²) in [4.78, 5) is 42.0. The first-order chi connectivity index (χ1) is 20.2. The molecule has 0 radical (unpaired) electrons. The minimum atomic E-state index is -2.24. The van der Waals surface area contributed by atoms with Crippen molar-refractivity contribution in [3.05, 3.63) is 70.3 Å². The van der Waals surface area contributed by atoms with E-state index >= 15 is 0 Å². The monoisotopic (exact) mass is 581 g/mol. The summed E-state index contributed by atoms with van der Waals surface area (Å²) in [7, 11) is -2.24. The number of amides is 1. The van der Waals surface area contributed by atoms with E-state index in [1.54, 1.807) is 12.1 Å². The lowest BCUT2D eigenvalue weighted by molar-refractivity contribution is -0.108. The van der Waals surface area contributed by atoms with Crippen LogP contribution in [0.3, 0.4) is 0 Å². The molecule has 0 spiro atoms. The summed E-state index contributed by atoms with van der Waals surface area (Å²) in [5.74, 6) is 10.2. The molecule has 1 amide bonds. The van der Waals surface area contributed by atoms with Gasteiger partial charge in [-0.2, -0.15) is 0 Å². The fourth-order valence-corrected chi connectivity index (χ4v) is 10.1. The minimum Gasteiger partial charge on any atom is -0.507 e. The maximum absolute atomic E-state index is 14.0. The van der Waals surface area contributed by atoms with Crippen molar-refractivity contribution in [2.45, 2.75) is 75.3 Å². The van der Waals surface area contributed by atoms with Gasteiger partial charge in [-0.05, 0) is 43.3 Å². The van der Waals surface area contributed by atoms with Gasteiger partial charge >= 0.3 is 0 Å². The summed E-state index contributed by atoms with van der Waals surface area (Å²) in [5, 5.41) is 23.1. The number of epoxide rings is 1. The van der Waals surface area contributed by atoms with Crippen LogP contribution in [0.5, 0.6) is 5.75 Å². The van der Waals surface area contributed by atoms with Gasteiger partial charge < -0.3 is 19.4 Å². The molecule has 42 heavy (non-hydrogen) atoms. The zero-order chi connectivity index (χ0) is 30.0. The number of carbonyl (C=O) groups is 3. The molecular weight excluding hydrogens is 550 g/mol. The van der Waals surface area contributed by atoms with Gasteiger partial charge in [-0.25, -0.2) is 0 Å². The first-order valence-electron chi connectivity index (χ1n) is 14.2. The van der Waals surface area contributed by atoms with E-state index in [4.69, 9.17) is 9.16 Å². The second-order valence-corrected chi connectivity index (χ2v) is 15.8. The third kappa shape index (κ3) is 3.46. The molecule has 0 saturated carbocycles. The normalized spacial score (nSPS) is 28.0. The van der Waals surface area contributed by atoms with Crippen LogP contribution >= 0.6 is 0 Å². The van der Waals surface area contributed by atoms with Gasteiger partial charge in [-0.3, -0.25) is 19.3 Å². The number of phenolic OH excluding ortho intramolecular Hbond substituents is 1. The average molecular weight is 582 g/mol. The van der Waals surface area contributed by atoms with Crippen molar-refractivity contribution in [2.24, 2.45) is 0 Å². The summed E-state index contributed by atoms with van der Waals surface area (Å²) < 4.78 is 13.5. The summed E-state index contributed by atoms with van der Waals surface area (Å²) in [6.07, 6.45) is 1.48. The molecule has 1 fully saturated rings. The van der Waals surface area contributed by atoms with Crippen LogP contribution in [0.15, 0.2) is 42.5 Å². The topological polar surface area (TPSA) is 117 Å². The number of aromatic hydroxyl groups is 1. The van der Waals surface area contributed by atoms with Gasteiger partial charge in [0.25, 0.3) is 0 Å². The van der Waals surface area contributed by atoms with E-state index in [9.17, 15) is 24.6 Å². The lowest BCUT2D eigenvalue weighted by Gasteiger charge is -2.44. The molecule has 4 aliphatic rings. The van der Waals surface area contributed by atoms with Crippen LogP contribution in [0.1, 0.15) is 65.1 Å². The highest BCUT2D eigenvalue weighted by atomic mass is 28.4. The SMILES string of the molecule is CC[Si](CC)(CC)O[C@H](C)[C@@]12O[C@]13c1cc(O)c4c(c1N(C=O)[C@H]2C#C/C=C\C#C[C@H]3O)C(=O)c1ccccc1C4=O. The van der Waals surface area contributed by atoms with Crippen LogP contribution in [0, 0.1) is 23.7 Å². The van der Waals surface area contributed by atoms with E-state index in [2.05, 4.69) is 44.5 Å². The molecule has 2 aromatic rings. The lowest BCUT2D eigenvalue weighted by Crippen LogP contribution is -2.61. The lowest BCUT2D eigenvalue weighted by atomic mass is 9.69. The number of aliphatic hydroxyl groups is 1. The highest BCUT2D eigenvalue weighted by Gasteiger charge is 2.84. The molecule has 2 aromatic carbocycles. The first kappa shape index (κ1) is 28.1. The number of phenols is 1. The second kappa shape index (κ2) is 9.79. The van der Waals surface area contributed by atoms with E-state index < -0.39 is 55.1 Å². The van der Waals surface area contributed by atoms with E-state index in [1.165, 1.54) is 35.3 Å². The highest BCUT2D eigenvalue weighted by molar-refractivity contribution is 6.73. The van der Waals surface area contributed by atoms with Crippen LogP contribution in [0.25, 0.3) is 0 Å². The maximum atomic E-state index is 14.0. The first-order valence-corrected chi connectivity index (χ1v) is 16.8. The Labute approximate surface area is 245 Å². The van der Waals surface area contributed by atoms with Gasteiger partial charge in [0.2, 0.25) is 6.41 Å². The smallest absolute Gasteiger partial charge is 0.215 e. The van der Waals surface area contributed by atoms with Crippen molar-refractivity contribution < 1.29 is 33.8 Å². The summed E-state index contributed by atoms with van der Waals surface area (Å²) in [5.41, 5.74) is -2.75. The number of ketones is 2. The predicted octanol–water partition coefficient (Wildman–Crippen LogP) is 3.82. The third-order valence-electron chi connectivity index (χ3n) is 9.51. The molecule has 2 heterocycles. The van der Waals surface area contributed by atoms with Gasteiger partial charge in [-0.15, -0.1) is 0 Å². The molecule has 5 atom stereocenters. The van der Waals surface area contributed by atoms with Crippen molar-refractivity contribution in [3.63, 3.8) is 0 Å². The number of benzene rings is 2. The van der Waals surface area contributed by atoms with Crippen molar-refractivity contribution in [3.8, 4) is 29.4 Å². The zero-order valence-electron chi connectivity index (χ0n) is 23.9. The fraction of sp³-hybridized carbons (Fsp3) is 0.364. The Morgan fingerprint density at radius 2 is 1.64 bits per heavy atom. The predicted molar refractivity (Wildman–Crippen MR) is 158 cm³/mol. The van der Waals surface area contributed by atoms with Crippen LogP contribution in [-0.4, -0.2) is 60.4 Å². The Hall–Kier alpha value is -3.99. The van der Waals surface area contributed by atoms with Crippen molar-refractivity contribution in [1.82, 2.24) is 0 Å². The quantitative estimate of drug-likeness (QED) is 0.189. The number of hydrogen-bond donors (Lipinski definition) is 2. The van der Waals surface area contributed by atoms with Crippen LogP contribution < -0.4 is 4.90 Å². The second-order valence-electron chi connectivity index (χ2n) is 11.1. The number of aliphatic hydroxyl groups excluding tert-OH is 1. The van der Waals surface area contributed by atoms with E-state index in [-0.39, 0.29) is 33.5 Å². The number of anilines is 1. The molecular formula is C33H31NO7Si. The number of hydrogen-bond acceptors (Lipinski definition) is 7. The molecule has 2 aliphatic heterocycles. The zero-order valence-corrected chi connectivity index (χ0v) is 24.9. The van der Waals surface area contributed by atoms with Crippen LogP contribution in [-0.2, 0) is 19.6 Å². The number of rotatable bonds is 7. The summed E-state index contributed by atoms with van der Waals surface area (Å²) in [6.45, 7) is 8.16. The highest BCUT2D eigenvalue weighted by Crippen LogP contribution is 2.69. The number of nitrogens with zero attached hydrogens (tertiary/aromatic N) is 1. The molecule has 2 aliphatic carbocycles. The molecule has 2 bridgehead atoms. The van der Waals surface area contributed by atoms with Crippen LogP contribution in [0.4, 0.5) is 5.69 Å². The fourth-order valence-electron chi connectivity index (χ4n) is 7.13. The van der Waals surface area contributed by atoms with E-state index in [0.29, 0.717) is 6.41 Å². The minimum absolute atomic E-state index is 0.0701. The van der Waals surface area contributed by atoms with Gasteiger partial charge in [-0.1, -0.05) is 68.7 Å². The van der Waals surface area contributed by atoms with Gasteiger partial charge in [0.15, 0.2) is 37.2 Å². The molecule has 8 nitrogen and oxygen atoms in total. The number of carbonyl (C=O) groups excluding carboxylic acids is 3. The van der Waals surface area contributed by atoms with E-state index in [1.807, 2.05) is 6.92 Å². The van der Waals surface area contributed by atoms with Gasteiger partial charge in [0, 0.05) is 16.7 Å². The molecule has 1 saturated heterocycles. The van der Waals surface area contributed by atoms with Crippen molar-refractivity contribution in [2.75, 3.05) is 4.90 Å². The Kier molecular flexibility index (Phi) is 6.56. The average Bonchev–Trinajstić information content (AvgIpc) is 3.73. The number of fused-ring (bicyclic) bond motifs is 4.